The highest BCUT2D eigenvalue weighted by atomic mass is 32.2. The molecule has 0 radical (unpaired) electrons. The molecule has 2 N–H and O–H groups in total. The van der Waals surface area contributed by atoms with Gasteiger partial charge >= 0.3 is 5.97 Å². The Labute approximate surface area is 132 Å². The van der Waals surface area contributed by atoms with Crippen molar-refractivity contribution in [1.82, 2.24) is 4.98 Å². The topological polar surface area (TPSA) is 99.6 Å². The molecule has 0 fully saturated rings. The number of halogens is 1. The molecule has 0 saturated heterocycles. The minimum Gasteiger partial charge on any atom is -0.478 e. The molecule has 0 spiro atoms. The van der Waals surface area contributed by atoms with Gasteiger partial charge < -0.3 is 10.0 Å². The van der Waals surface area contributed by atoms with Gasteiger partial charge in [0.2, 0.25) is 0 Å². The van der Waals surface area contributed by atoms with Crippen molar-refractivity contribution in [2.75, 3.05) is 23.7 Å². The molecule has 0 atom stereocenters. The van der Waals surface area contributed by atoms with Gasteiger partial charge in [0.15, 0.2) is 0 Å². The second-order valence-corrected chi connectivity index (χ2v) is 6.54. The molecule has 9 heteroatoms. The number of sulfonamides is 1. The van der Waals surface area contributed by atoms with Crippen molar-refractivity contribution in [2.45, 2.75) is 4.90 Å². The molecular weight excluding hydrogens is 325 g/mol. The molecule has 2 aromatic rings. The van der Waals surface area contributed by atoms with E-state index in [0.29, 0.717) is 0 Å². The van der Waals surface area contributed by atoms with E-state index >= 15 is 0 Å². The molecule has 0 aliphatic carbocycles. The van der Waals surface area contributed by atoms with Gasteiger partial charge in [-0.3, -0.25) is 4.72 Å². The average Bonchev–Trinajstić information content (AvgIpc) is 2.46. The first-order chi connectivity index (χ1) is 10.7. The van der Waals surface area contributed by atoms with Gasteiger partial charge in [-0.15, -0.1) is 0 Å². The van der Waals surface area contributed by atoms with E-state index in [1.807, 2.05) is 0 Å². The van der Waals surface area contributed by atoms with E-state index < -0.39 is 21.8 Å². The third-order valence-electron chi connectivity index (χ3n) is 2.90. The zero-order valence-electron chi connectivity index (χ0n) is 12.3. The number of carboxylic acids is 1. The quantitative estimate of drug-likeness (QED) is 0.861. The van der Waals surface area contributed by atoms with E-state index in [0.717, 1.165) is 24.3 Å². The van der Waals surface area contributed by atoms with Crippen LogP contribution in [0.15, 0.2) is 41.4 Å². The lowest BCUT2D eigenvalue weighted by molar-refractivity contribution is 0.0697. The minimum atomic E-state index is -3.97. The number of rotatable bonds is 5. The maximum atomic E-state index is 12.9. The van der Waals surface area contributed by atoms with Crippen LogP contribution < -0.4 is 9.62 Å². The first-order valence-electron chi connectivity index (χ1n) is 6.40. The van der Waals surface area contributed by atoms with Gasteiger partial charge in [0, 0.05) is 14.1 Å². The number of aromatic nitrogens is 1. The van der Waals surface area contributed by atoms with Crippen LogP contribution in [-0.4, -0.2) is 38.6 Å². The van der Waals surface area contributed by atoms with Gasteiger partial charge in [-0.05, 0) is 30.3 Å². The van der Waals surface area contributed by atoms with Gasteiger partial charge in [-0.1, -0.05) is 0 Å². The first kappa shape index (κ1) is 16.7. The Morgan fingerprint density at radius 2 is 1.87 bits per heavy atom. The summed E-state index contributed by atoms with van der Waals surface area (Å²) in [7, 11) is -0.725. The highest BCUT2D eigenvalue weighted by molar-refractivity contribution is 7.92. The van der Waals surface area contributed by atoms with Crippen LogP contribution in [0.25, 0.3) is 0 Å². The van der Waals surface area contributed by atoms with Crippen molar-refractivity contribution in [1.29, 1.82) is 0 Å². The number of nitrogens with one attached hydrogen (secondary N) is 1. The molecule has 1 aromatic carbocycles. The number of hydrogen-bond acceptors (Lipinski definition) is 5. The van der Waals surface area contributed by atoms with E-state index in [1.54, 1.807) is 14.1 Å². The highest BCUT2D eigenvalue weighted by Gasteiger charge is 2.18. The molecule has 0 bridgehead atoms. The average molecular weight is 339 g/mol. The molecule has 1 heterocycles. The fourth-order valence-corrected chi connectivity index (χ4v) is 2.89. The van der Waals surface area contributed by atoms with E-state index in [1.165, 1.54) is 17.2 Å². The van der Waals surface area contributed by atoms with E-state index in [4.69, 9.17) is 0 Å². The van der Waals surface area contributed by atoms with Crippen LogP contribution in [0.3, 0.4) is 0 Å². The predicted octanol–water partition coefficient (Wildman–Crippen LogP) is 1.79. The van der Waals surface area contributed by atoms with Crippen molar-refractivity contribution < 1.29 is 22.7 Å². The summed E-state index contributed by atoms with van der Waals surface area (Å²) in [4.78, 5) is 16.6. The molecular formula is C14H14FN3O4S. The number of carboxylic acid groups (broad SMARTS) is 1. The molecule has 23 heavy (non-hydrogen) atoms. The summed E-state index contributed by atoms with van der Waals surface area (Å²) in [5.41, 5.74) is -0.147. The van der Waals surface area contributed by atoms with Crippen LogP contribution in [0.4, 0.5) is 15.9 Å². The molecule has 0 amide bonds. The summed E-state index contributed by atoms with van der Waals surface area (Å²) in [6.45, 7) is 0. The number of pyridine rings is 1. The third-order valence-corrected chi connectivity index (χ3v) is 4.29. The second kappa shape index (κ2) is 6.21. The molecule has 122 valence electrons. The number of anilines is 2. The Morgan fingerprint density at radius 1 is 1.26 bits per heavy atom. The fourth-order valence-electron chi connectivity index (χ4n) is 1.85. The maximum Gasteiger partial charge on any atom is 0.339 e. The number of aromatic carboxylic acids is 1. The van der Waals surface area contributed by atoms with E-state index in [2.05, 4.69) is 9.71 Å². The summed E-state index contributed by atoms with van der Waals surface area (Å²) >= 11 is 0. The molecule has 0 aliphatic rings. The van der Waals surface area contributed by atoms with Crippen molar-refractivity contribution >= 4 is 27.5 Å². The van der Waals surface area contributed by atoms with Gasteiger partial charge in [0.1, 0.15) is 17.2 Å². The van der Waals surface area contributed by atoms with Crippen LogP contribution in [0.2, 0.25) is 0 Å². The largest absolute Gasteiger partial charge is 0.478 e. The normalized spacial score (nSPS) is 11.1. The van der Waals surface area contributed by atoms with Crippen LogP contribution in [-0.2, 0) is 10.0 Å². The maximum absolute atomic E-state index is 12.9. The lowest BCUT2D eigenvalue weighted by Gasteiger charge is -2.15. The zero-order valence-corrected chi connectivity index (χ0v) is 13.1. The Bertz CT molecular complexity index is 836. The first-order valence-corrected chi connectivity index (χ1v) is 7.88. The minimum absolute atomic E-state index is 0.00248. The van der Waals surface area contributed by atoms with E-state index in [-0.39, 0.29) is 22.0 Å². The van der Waals surface area contributed by atoms with Crippen LogP contribution in [0.1, 0.15) is 10.4 Å². The Morgan fingerprint density at radius 3 is 2.39 bits per heavy atom. The fraction of sp³-hybridized carbons (Fsp3) is 0.143. The van der Waals surface area contributed by atoms with Crippen molar-refractivity contribution in [3.8, 4) is 0 Å². The smallest absolute Gasteiger partial charge is 0.339 e. The molecule has 1 aromatic heterocycles. The number of benzene rings is 1. The summed E-state index contributed by atoms with van der Waals surface area (Å²) in [6.07, 6.45) is 1.21. The standard InChI is InChI=1S/C14H14FN3O4S/c1-18(2)13-12(14(19)20)7-10(8-16-13)17-23(21,22)11-5-3-9(15)4-6-11/h3-8,17H,1-2H3,(H,19,20). The van der Waals surface area contributed by atoms with Crippen molar-refractivity contribution in [3.63, 3.8) is 0 Å². The summed E-state index contributed by atoms with van der Waals surface area (Å²) in [5, 5.41) is 9.20. The lowest BCUT2D eigenvalue weighted by atomic mass is 10.2. The summed E-state index contributed by atoms with van der Waals surface area (Å²) in [6, 6.07) is 5.43. The summed E-state index contributed by atoms with van der Waals surface area (Å²) in [5.74, 6) is -1.60. The molecule has 2 rings (SSSR count). The van der Waals surface area contributed by atoms with Gasteiger partial charge in [-0.2, -0.15) is 0 Å². The van der Waals surface area contributed by atoms with E-state index in [9.17, 15) is 22.7 Å². The number of nitrogens with zero attached hydrogens (tertiary/aromatic N) is 2. The lowest BCUT2D eigenvalue weighted by Crippen LogP contribution is -2.18. The monoisotopic (exact) mass is 339 g/mol. The van der Waals surface area contributed by atoms with Crippen molar-refractivity contribution in [3.05, 3.63) is 47.9 Å². The van der Waals surface area contributed by atoms with Crippen LogP contribution >= 0.6 is 0 Å². The highest BCUT2D eigenvalue weighted by Crippen LogP contribution is 2.22. The molecule has 0 saturated carbocycles. The van der Waals surface area contributed by atoms with Gasteiger partial charge in [0.05, 0.1) is 16.8 Å². The Hall–Kier alpha value is -2.68. The zero-order chi connectivity index (χ0) is 17.2. The molecule has 7 nitrogen and oxygen atoms in total. The molecule has 0 aliphatic heterocycles. The summed E-state index contributed by atoms with van der Waals surface area (Å²) < 4.78 is 39.5. The van der Waals surface area contributed by atoms with Crippen molar-refractivity contribution in [2.24, 2.45) is 0 Å². The second-order valence-electron chi connectivity index (χ2n) is 4.85. The number of hydrogen-bond donors (Lipinski definition) is 2. The SMILES string of the molecule is CN(C)c1ncc(NS(=O)(=O)c2ccc(F)cc2)cc1C(=O)O. The molecule has 0 unspecified atom stereocenters. The van der Waals surface area contributed by atoms with Crippen LogP contribution in [0.5, 0.6) is 0 Å². The van der Waals surface area contributed by atoms with Crippen LogP contribution in [0, 0.1) is 5.82 Å². The Balaban J connectivity index is 2.38. The van der Waals surface area contributed by atoms with Gasteiger partial charge in [0.25, 0.3) is 10.0 Å². The van der Waals surface area contributed by atoms with Gasteiger partial charge in [-0.25, -0.2) is 22.6 Å². The third kappa shape index (κ3) is 3.75. The Kier molecular flexibility index (Phi) is 4.50. The number of carbonyl (C=O) groups is 1. The predicted molar refractivity (Wildman–Crippen MR) is 82.7 cm³/mol.